The normalized spacial score (nSPS) is 9.76. The molecule has 21 heavy (non-hydrogen) atoms. The second-order valence-corrected chi connectivity index (χ2v) is 3.97. The van der Waals surface area contributed by atoms with Crippen molar-refractivity contribution in [2.75, 3.05) is 12.4 Å². The summed E-state index contributed by atoms with van der Waals surface area (Å²) in [4.78, 5) is 22.1. The number of amides is 1. The number of nitro groups is 1. The minimum absolute atomic E-state index is 0.0294. The Morgan fingerprint density at radius 2 is 1.86 bits per heavy atom. The van der Waals surface area contributed by atoms with Crippen LogP contribution in [0.25, 0.3) is 0 Å². The summed E-state index contributed by atoms with van der Waals surface area (Å²) >= 11 is 0. The molecule has 0 aliphatic carbocycles. The van der Waals surface area contributed by atoms with Gasteiger partial charge in [-0.15, -0.1) is 0 Å². The van der Waals surface area contributed by atoms with Crippen molar-refractivity contribution in [2.45, 2.75) is 0 Å². The van der Waals surface area contributed by atoms with Crippen molar-refractivity contribution in [2.24, 2.45) is 0 Å². The van der Waals surface area contributed by atoms with Gasteiger partial charge in [0.05, 0.1) is 18.1 Å². The Morgan fingerprint density at radius 3 is 2.48 bits per heavy atom. The molecule has 0 unspecified atom stereocenters. The van der Waals surface area contributed by atoms with Gasteiger partial charge in [0, 0.05) is 0 Å². The van der Waals surface area contributed by atoms with Gasteiger partial charge in [-0.25, -0.2) is 4.79 Å². The molecule has 1 amide bonds. The van der Waals surface area contributed by atoms with Crippen LogP contribution in [0.3, 0.4) is 0 Å². The van der Waals surface area contributed by atoms with Crippen LogP contribution in [0.15, 0.2) is 48.5 Å². The lowest BCUT2D eigenvalue weighted by Crippen LogP contribution is -2.17. The predicted octanol–water partition coefficient (Wildman–Crippen LogP) is 3.21. The molecule has 0 aliphatic rings. The lowest BCUT2D eigenvalue weighted by Gasteiger charge is -2.08. The van der Waals surface area contributed by atoms with E-state index < -0.39 is 11.0 Å². The lowest BCUT2D eigenvalue weighted by atomic mass is 10.2. The van der Waals surface area contributed by atoms with Gasteiger partial charge in [-0.2, -0.15) is 0 Å². The highest BCUT2D eigenvalue weighted by Gasteiger charge is 2.18. The van der Waals surface area contributed by atoms with Gasteiger partial charge >= 0.3 is 6.09 Å². The van der Waals surface area contributed by atoms with E-state index in [1.165, 1.54) is 25.3 Å². The van der Waals surface area contributed by atoms with Crippen LogP contribution in [0, 0.1) is 10.1 Å². The summed E-state index contributed by atoms with van der Waals surface area (Å²) in [6.45, 7) is 0. The summed E-state index contributed by atoms with van der Waals surface area (Å²) < 4.78 is 9.92. The molecule has 0 heterocycles. The number of benzene rings is 2. The zero-order valence-corrected chi connectivity index (χ0v) is 11.1. The fourth-order valence-electron chi connectivity index (χ4n) is 1.63. The van der Waals surface area contributed by atoms with Crippen molar-refractivity contribution in [3.63, 3.8) is 0 Å². The van der Waals surface area contributed by atoms with Crippen molar-refractivity contribution < 1.29 is 19.2 Å². The van der Waals surface area contributed by atoms with Crippen LogP contribution in [-0.2, 0) is 0 Å². The maximum Gasteiger partial charge on any atom is 0.417 e. The molecular formula is C14H12N2O5. The summed E-state index contributed by atoms with van der Waals surface area (Å²) in [7, 11) is 1.40. The molecule has 0 saturated carbocycles. The number of hydrogen-bond acceptors (Lipinski definition) is 5. The molecule has 0 fully saturated rings. The highest BCUT2D eigenvalue weighted by Crippen LogP contribution is 2.29. The van der Waals surface area contributed by atoms with Gasteiger partial charge in [0.15, 0.2) is 0 Å². The number of para-hydroxylation sites is 1. The van der Waals surface area contributed by atoms with E-state index in [0.29, 0.717) is 11.5 Å². The smallest absolute Gasteiger partial charge is 0.417 e. The first-order valence-electron chi connectivity index (χ1n) is 5.96. The monoisotopic (exact) mass is 288 g/mol. The largest absolute Gasteiger partial charge is 0.496 e. The predicted molar refractivity (Wildman–Crippen MR) is 75.7 cm³/mol. The Kier molecular flexibility index (Phi) is 4.35. The molecule has 0 bridgehead atoms. The van der Waals surface area contributed by atoms with Crippen LogP contribution in [-0.4, -0.2) is 18.1 Å². The van der Waals surface area contributed by atoms with Crippen molar-refractivity contribution in [3.8, 4) is 11.5 Å². The fraction of sp³-hybridized carbons (Fsp3) is 0.0714. The number of carbonyl (C=O) groups is 1. The number of anilines is 1. The molecule has 2 aromatic rings. The third-order valence-corrected chi connectivity index (χ3v) is 2.59. The van der Waals surface area contributed by atoms with Gasteiger partial charge in [-0.3, -0.25) is 15.4 Å². The zero-order chi connectivity index (χ0) is 15.2. The number of ether oxygens (including phenoxy) is 2. The summed E-state index contributed by atoms with van der Waals surface area (Å²) in [5, 5.41) is 13.3. The lowest BCUT2D eigenvalue weighted by molar-refractivity contribution is -0.384. The maximum absolute atomic E-state index is 11.7. The summed E-state index contributed by atoms with van der Waals surface area (Å²) in [5.41, 5.74) is -0.249. The van der Waals surface area contributed by atoms with Crippen molar-refractivity contribution >= 4 is 17.5 Å². The van der Waals surface area contributed by atoms with E-state index in [-0.39, 0.29) is 11.4 Å². The third-order valence-electron chi connectivity index (χ3n) is 2.59. The quantitative estimate of drug-likeness (QED) is 0.689. The van der Waals surface area contributed by atoms with Crippen molar-refractivity contribution in [1.82, 2.24) is 0 Å². The third kappa shape index (κ3) is 3.69. The fourth-order valence-corrected chi connectivity index (χ4v) is 1.63. The van der Waals surface area contributed by atoms with Crippen molar-refractivity contribution in [3.05, 3.63) is 58.6 Å². The SMILES string of the molecule is COc1ccc(NC(=O)Oc2ccccc2)c([N+](=O)[O-])c1. The molecule has 0 spiro atoms. The molecule has 108 valence electrons. The average Bonchev–Trinajstić information content (AvgIpc) is 2.48. The second kappa shape index (κ2) is 6.38. The number of nitrogens with zero attached hydrogens (tertiary/aromatic N) is 1. The van der Waals surface area contributed by atoms with E-state index in [0.717, 1.165) is 0 Å². The summed E-state index contributed by atoms with van der Waals surface area (Å²) in [6, 6.07) is 12.5. The molecule has 2 aromatic carbocycles. The van der Waals surface area contributed by atoms with E-state index in [1.807, 2.05) is 0 Å². The van der Waals surface area contributed by atoms with Gasteiger partial charge in [0.1, 0.15) is 17.2 Å². The Hall–Kier alpha value is -3.09. The molecule has 0 radical (unpaired) electrons. The van der Waals surface area contributed by atoms with Crippen LogP contribution in [0.5, 0.6) is 11.5 Å². The molecular weight excluding hydrogens is 276 g/mol. The first-order valence-corrected chi connectivity index (χ1v) is 5.96. The first kappa shape index (κ1) is 14.3. The maximum atomic E-state index is 11.7. The number of nitrogens with one attached hydrogen (secondary N) is 1. The molecule has 1 N–H and O–H groups in total. The highest BCUT2D eigenvalue weighted by molar-refractivity contribution is 5.89. The van der Waals surface area contributed by atoms with E-state index >= 15 is 0 Å². The Labute approximate surface area is 120 Å². The van der Waals surface area contributed by atoms with Crippen LogP contribution < -0.4 is 14.8 Å². The number of carbonyl (C=O) groups excluding carboxylic acids is 1. The topological polar surface area (TPSA) is 90.7 Å². The highest BCUT2D eigenvalue weighted by atomic mass is 16.6. The number of nitro benzene ring substituents is 1. The molecule has 0 aromatic heterocycles. The second-order valence-electron chi connectivity index (χ2n) is 3.97. The zero-order valence-electron chi connectivity index (χ0n) is 11.1. The van der Waals surface area contributed by atoms with Gasteiger partial charge in [-0.05, 0) is 24.3 Å². The van der Waals surface area contributed by atoms with E-state index in [2.05, 4.69) is 5.32 Å². The molecule has 7 nitrogen and oxygen atoms in total. The Bertz CT molecular complexity index is 658. The van der Waals surface area contributed by atoms with Gasteiger partial charge < -0.3 is 9.47 Å². The minimum atomic E-state index is -0.811. The number of methoxy groups -OCH3 is 1. The van der Waals surface area contributed by atoms with Crippen LogP contribution in [0.4, 0.5) is 16.2 Å². The number of rotatable bonds is 4. The Morgan fingerprint density at radius 1 is 1.14 bits per heavy atom. The minimum Gasteiger partial charge on any atom is -0.496 e. The Balaban J connectivity index is 2.15. The molecule has 2 rings (SSSR count). The summed E-state index contributed by atoms with van der Waals surface area (Å²) in [5.74, 6) is 0.662. The van der Waals surface area contributed by atoms with Crippen LogP contribution in [0.1, 0.15) is 0 Å². The van der Waals surface area contributed by atoms with E-state index in [1.54, 1.807) is 30.3 Å². The van der Waals surface area contributed by atoms with Crippen molar-refractivity contribution in [1.29, 1.82) is 0 Å². The summed E-state index contributed by atoms with van der Waals surface area (Å²) in [6.07, 6.45) is -0.811. The van der Waals surface area contributed by atoms with Gasteiger partial charge in [-0.1, -0.05) is 18.2 Å². The van der Waals surface area contributed by atoms with E-state index in [4.69, 9.17) is 9.47 Å². The van der Waals surface area contributed by atoms with Crippen LogP contribution in [0.2, 0.25) is 0 Å². The average molecular weight is 288 g/mol. The molecule has 7 heteroatoms. The van der Waals surface area contributed by atoms with Gasteiger partial charge in [0.2, 0.25) is 0 Å². The molecule has 0 saturated heterocycles. The van der Waals surface area contributed by atoms with E-state index in [9.17, 15) is 14.9 Å². The first-order chi connectivity index (χ1) is 10.1. The number of hydrogen-bond donors (Lipinski definition) is 1. The molecule has 0 atom stereocenters. The van der Waals surface area contributed by atoms with Crippen LogP contribution >= 0.6 is 0 Å². The standard InChI is InChI=1S/C14H12N2O5/c1-20-11-7-8-12(13(9-11)16(18)19)15-14(17)21-10-5-3-2-4-6-10/h2-9H,1H3,(H,15,17). The molecule has 0 aliphatic heterocycles. The van der Waals surface area contributed by atoms with Gasteiger partial charge in [0.25, 0.3) is 5.69 Å².